The lowest BCUT2D eigenvalue weighted by atomic mass is 9.92. The van der Waals surface area contributed by atoms with Crippen LogP contribution >= 0.6 is 0 Å². The quantitative estimate of drug-likeness (QED) is 0.707. The van der Waals surface area contributed by atoms with Crippen molar-refractivity contribution in [2.75, 3.05) is 0 Å². The molecule has 0 fully saturated rings. The Morgan fingerprint density at radius 3 is 2.69 bits per heavy atom. The van der Waals surface area contributed by atoms with Crippen LogP contribution in [0.1, 0.15) is 32.0 Å². The van der Waals surface area contributed by atoms with Gasteiger partial charge in [0, 0.05) is 5.92 Å². The van der Waals surface area contributed by atoms with Crippen molar-refractivity contribution in [3.8, 4) is 0 Å². The predicted molar refractivity (Wildman–Crippen MR) is 44.0 cm³/mol. The van der Waals surface area contributed by atoms with Crippen molar-refractivity contribution in [1.82, 2.24) is 20.6 Å². The van der Waals surface area contributed by atoms with E-state index in [2.05, 4.69) is 20.6 Å². The molecular formula is C7H12N4O2. The molecule has 13 heavy (non-hydrogen) atoms. The van der Waals surface area contributed by atoms with Gasteiger partial charge in [0.2, 0.25) is 0 Å². The number of aliphatic carboxylic acids is 1. The normalized spacial score (nSPS) is 13.2. The Labute approximate surface area is 75.4 Å². The van der Waals surface area contributed by atoms with Gasteiger partial charge < -0.3 is 5.11 Å². The predicted octanol–water partition coefficient (Wildman–Crippen LogP) is 0.414. The number of aromatic nitrogens is 4. The van der Waals surface area contributed by atoms with Crippen LogP contribution in [0, 0.1) is 5.92 Å². The Kier molecular flexibility index (Phi) is 2.94. The zero-order valence-corrected chi connectivity index (χ0v) is 7.56. The number of carbonyl (C=O) groups is 1. The zero-order chi connectivity index (χ0) is 9.84. The molecule has 6 heteroatoms. The molecule has 2 N–H and O–H groups in total. The van der Waals surface area contributed by atoms with E-state index < -0.39 is 5.97 Å². The van der Waals surface area contributed by atoms with E-state index in [0.29, 0.717) is 5.82 Å². The zero-order valence-electron chi connectivity index (χ0n) is 7.56. The third-order valence-electron chi connectivity index (χ3n) is 1.89. The van der Waals surface area contributed by atoms with Gasteiger partial charge in [-0.25, -0.2) is 0 Å². The van der Waals surface area contributed by atoms with Gasteiger partial charge in [0.15, 0.2) is 5.82 Å². The molecular weight excluding hydrogens is 172 g/mol. The first kappa shape index (κ1) is 9.63. The van der Waals surface area contributed by atoms with Gasteiger partial charge in [-0.05, 0) is 5.92 Å². The van der Waals surface area contributed by atoms with E-state index in [4.69, 9.17) is 5.11 Å². The van der Waals surface area contributed by atoms with E-state index in [0.717, 1.165) is 0 Å². The van der Waals surface area contributed by atoms with E-state index in [1.165, 1.54) is 0 Å². The van der Waals surface area contributed by atoms with Gasteiger partial charge in [-0.15, -0.1) is 10.2 Å². The van der Waals surface area contributed by atoms with E-state index in [1.807, 2.05) is 13.8 Å². The van der Waals surface area contributed by atoms with Crippen molar-refractivity contribution in [2.24, 2.45) is 5.92 Å². The number of carboxylic acids is 1. The number of hydrogen-bond acceptors (Lipinski definition) is 4. The van der Waals surface area contributed by atoms with Gasteiger partial charge in [-0.3, -0.25) is 4.79 Å². The lowest BCUT2D eigenvalue weighted by molar-refractivity contribution is -0.137. The third-order valence-corrected chi connectivity index (χ3v) is 1.89. The summed E-state index contributed by atoms with van der Waals surface area (Å²) in [7, 11) is 0. The van der Waals surface area contributed by atoms with Crippen LogP contribution in [0.3, 0.4) is 0 Å². The fourth-order valence-corrected chi connectivity index (χ4v) is 1.14. The molecule has 6 nitrogen and oxygen atoms in total. The Hall–Kier alpha value is -1.46. The van der Waals surface area contributed by atoms with Crippen LogP contribution < -0.4 is 0 Å². The fraction of sp³-hybridized carbons (Fsp3) is 0.714. The molecule has 0 unspecified atom stereocenters. The van der Waals surface area contributed by atoms with Crippen LogP contribution in [0.5, 0.6) is 0 Å². The number of rotatable bonds is 4. The van der Waals surface area contributed by atoms with Crippen LogP contribution in [0.15, 0.2) is 0 Å². The van der Waals surface area contributed by atoms with Gasteiger partial charge in [-0.1, -0.05) is 19.1 Å². The second-order valence-corrected chi connectivity index (χ2v) is 3.22. The fourth-order valence-electron chi connectivity index (χ4n) is 1.14. The van der Waals surface area contributed by atoms with Crippen LogP contribution in [-0.2, 0) is 4.79 Å². The summed E-state index contributed by atoms with van der Waals surface area (Å²) in [5.41, 5.74) is 0. The molecule has 1 aromatic heterocycles. The molecule has 0 bridgehead atoms. The summed E-state index contributed by atoms with van der Waals surface area (Å²) in [5.74, 6) is -0.356. The van der Waals surface area contributed by atoms with Crippen molar-refractivity contribution in [3.63, 3.8) is 0 Å². The van der Waals surface area contributed by atoms with Crippen LogP contribution in [0.25, 0.3) is 0 Å². The number of aromatic amines is 1. The monoisotopic (exact) mass is 184 g/mol. The Morgan fingerprint density at radius 1 is 1.62 bits per heavy atom. The first-order valence-electron chi connectivity index (χ1n) is 4.06. The molecule has 0 saturated carbocycles. The van der Waals surface area contributed by atoms with E-state index in [9.17, 15) is 4.79 Å². The highest BCUT2D eigenvalue weighted by Gasteiger charge is 2.22. The Bertz CT molecular complexity index is 270. The molecule has 72 valence electrons. The van der Waals surface area contributed by atoms with Crippen molar-refractivity contribution in [3.05, 3.63) is 5.82 Å². The summed E-state index contributed by atoms with van der Waals surface area (Å²) < 4.78 is 0. The van der Waals surface area contributed by atoms with Gasteiger partial charge in [0.1, 0.15) is 0 Å². The lowest BCUT2D eigenvalue weighted by Crippen LogP contribution is -2.13. The minimum Gasteiger partial charge on any atom is -0.481 e. The summed E-state index contributed by atoms with van der Waals surface area (Å²) in [5, 5.41) is 21.9. The van der Waals surface area contributed by atoms with E-state index in [-0.39, 0.29) is 18.3 Å². The topological polar surface area (TPSA) is 91.8 Å². The molecule has 0 aromatic carbocycles. The minimum absolute atomic E-state index is 0.0389. The first-order valence-corrected chi connectivity index (χ1v) is 4.06. The molecule has 0 radical (unpaired) electrons. The summed E-state index contributed by atoms with van der Waals surface area (Å²) in [4.78, 5) is 10.5. The average molecular weight is 184 g/mol. The smallest absolute Gasteiger partial charge is 0.304 e. The van der Waals surface area contributed by atoms with Gasteiger partial charge >= 0.3 is 5.97 Å². The number of nitrogens with one attached hydrogen (secondary N) is 1. The van der Waals surface area contributed by atoms with Crippen molar-refractivity contribution in [1.29, 1.82) is 0 Å². The summed E-state index contributed by atoms with van der Waals surface area (Å²) >= 11 is 0. The number of nitrogens with zero attached hydrogens (tertiary/aromatic N) is 3. The minimum atomic E-state index is -0.844. The van der Waals surface area contributed by atoms with Crippen LogP contribution in [0.2, 0.25) is 0 Å². The largest absolute Gasteiger partial charge is 0.481 e. The summed E-state index contributed by atoms with van der Waals surface area (Å²) in [6.07, 6.45) is 0.0389. The van der Waals surface area contributed by atoms with Crippen LogP contribution in [0.4, 0.5) is 0 Å². The number of hydrogen-bond donors (Lipinski definition) is 2. The average Bonchev–Trinajstić information content (AvgIpc) is 2.50. The number of carboxylic acid groups (broad SMARTS) is 1. The molecule has 0 aliphatic rings. The summed E-state index contributed by atoms with van der Waals surface area (Å²) in [6, 6.07) is 0. The number of tetrazole rings is 1. The Morgan fingerprint density at radius 2 is 2.31 bits per heavy atom. The highest BCUT2D eigenvalue weighted by atomic mass is 16.4. The van der Waals surface area contributed by atoms with Crippen LogP contribution in [-0.4, -0.2) is 31.7 Å². The number of H-pyrrole nitrogens is 1. The molecule has 0 saturated heterocycles. The van der Waals surface area contributed by atoms with Crippen molar-refractivity contribution >= 4 is 5.97 Å². The maximum Gasteiger partial charge on any atom is 0.304 e. The molecule has 1 aromatic rings. The van der Waals surface area contributed by atoms with Gasteiger partial charge in [0.25, 0.3) is 0 Å². The molecule has 1 atom stereocenters. The molecule has 0 amide bonds. The molecule has 0 aliphatic heterocycles. The van der Waals surface area contributed by atoms with Crippen molar-refractivity contribution in [2.45, 2.75) is 26.2 Å². The van der Waals surface area contributed by atoms with Crippen molar-refractivity contribution < 1.29 is 9.90 Å². The molecule has 0 aliphatic carbocycles. The van der Waals surface area contributed by atoms with E-state index >= 15 is 0 Å². The standard InChI is InChI=1S/C7H12N4O2/c1-4(2)5(3-6(12)13)7-8-10-11-9-7/h4-5H,3H2,1-2H3,(H,12,13)(H,8,9,10,11)/t5-/m1/s1. The molecule has 1 heterocycles. The molecule has 0 spiro atoms. The first-order chi connectivity index (χ1) is 6.11. The lowest BCUT2D eigenvalue weighted by Gasteiger charge is -2.13. The van der Waals surface area contributed by atoms with Gasteiger partial charge in [-0.2, -0.15) is 5.21 Å². The van der Waals surface area contributed by atoms with E-state index in [1.54, 1.807) is 0 Å². The second kappa shape index (κ2) is 3.97. The maximum atomic E-state index is 10.5. The highest BCUT2D eigenvalue weighted by molar-refractivity contribution is 5.67. The third kappa shape index (κ3) is 2.50. The Balaban J connectivity index is 2.74. The SMILES string of the molecule is CC(C)[C@@H](CC(=O)O)c1nn[nH]n1. The molecule has 1 rings (SSSR count). The van der Waals surface area contributed by atoms with Gasteiger partial charge in [0.05, 0.1) is 6.42 Å². The maximum absolute atomic E-state index is 10.5. The summed E-state index contributed by atoms with van der Waals surface area (Å²) in [6.45, 7) is 3.87. The second-order valence-electron chi connectivity index (χ2n) is 3.22. The highest BCUT2D eigenvalue weighted by Crippen LogP contribution is 2.23.